The van der Waals surface area contributed by atoms with Gasteiger partial charge in [0.05, 0.1) is 5.56 Å². The van der Waals surface area contributed by atoms with Gasteiger partial charge in [-0.25, -0.2) is 0 Å². The predicted octanol–water partition coefficient (Wildman–Crippen LogP) is 2.68. The van der Waals surface area contributed by atoms with E-state index in [1.165, 1.54) is 12.1 Å². The van der Waals surface area contributed by atoms with Crippen LogP contribution < -0.4 is 0 Å². The van der Waals surface area contributed by atoms with Gasteiger partial charge in [-0.3, -0.25) is 0 Å². The molecule has 0 spiro atoms. The van der Waals surface area contributed by atoms with Crippen molar-refractivity contribution < 1.29 is 22.8 Å². The van der Waals surface area contributed by atoms with Gasteiger partial charge in [0.2, 0.25) is 11.7 Å². The fourth-order valence-electron chi connectivity index (χ4n) is 1.54. The Morgan fingerprint density at radius 3 is 2.74 bits per heavy atom. The van der Waals surface area contributed by atoms with Gasteiger partial charge in [-0.1, -0.05) is 17.3 Å². The predicted molar refractivity (Wildman–Crippen MR) is 60.1 cm³/mol. The van der Waals surface area contributed by atoms with E-state index in [0.717, 1.165) is 12.1 Å². The third-order valence-electron chi connectivity index (χ3n) is 2.46. The van der Waals surface area contributed by atoms with Gasteiger partial charge in [-0.05, 0) is 18.6 Å². The zero-order valence-corrected chi connectivity index (χ0v) is 9.81. The third kappa shape index (κ3) is 3.31. The minimum Gasteiger partial charge on any atom is -0.396 e. The van der Waals surface area contributed by atoms with Gasteiger partial charge in [0.15, 0.2) is 0 Å². The molecule has 1 heterocycles. The minimum atomic E-state index is -4.40. The lowest BCUT2D eigenvalue weighted by Gasteiger charge is -2.06. The van der Waals surface area contributed by atoms with Crippen LogP contribution in [-0.4, -0.2) is 21.9 Å². The third-order valence-corrected chi connectivity index (χ3v) is 2.46. The van der Waals surface area contributed by atoms with Gasteiger partial charge in [0.25, 0.3) is 0 Å². The zero-order valence-electron chi connectivity index (χ0n) is 9.81. The molecule has 0 radical (unpaired) electrons. The van der Waals surface area contributed by atoms with Crippen molar-refractivity contribution >= 4 is 0 Å². The molecule has 0 unspecified atom stereocenters. The quantitative estimate of drug-likeness (QED) is 0.929. The molecule has 102 valence electrons. The van der Waals surface area contributed by atoms with Crippen molar-refractivity contribution in [2.75, 3.05) is 6.61 Å². The van der Waals surface area contributed by atoms with Gasteiger partial charge in [-0.2, -0.15) is 18.2 Å². The summed E-state index contributed by atoms with van der Waals surface area (Å²) in [5.41, 5.74) is -0.513. The number of nitrogens with zero attached hydrogens (tertiary/aromatic N) is 2. The van der Waals surface area contributed by atoms with E-state index in [1.54, 1.807) is 0 Å². The molecular formula is C12H11F3N2O2. The van der Waals surface area contributed by atoms with Crippen LogP contribution in [0, 0.1) is 0 Å². The molecule has 0 bridgehead atoms. The summed E-state index contributed by atoms with van der Waals surface area (Å²) in [6.07, 6.45) is -3.55. The number of aliphatic hydroxyl groups is 1. The van der Waals surface area contributed by atoms with Crippen LogP contribution in [-0.2, 0) is 12.6 Å². The SMILES string of the molecule is OCCCc1nc(-c2cccc(C(F)(F)F)c2)no1. The monoisotopic (exact) mass is 272 g/mol. The number of aryl methyl sites for hydroxylation is 1. The van der Waals surface area contributed by atoms with Crippen molar-refractivity contribution in [3.8, 4) is 11.4 Å². The first kappa shape index (κ1) is 13.5. The number of aliphatic hydroxyl groups excluding tert-OH is 1. The van der Waals surface area contributed by atoms with Crippen LogP contribution in [0.15, 0.2) is 28.8 Å². The van der Waals surface area contributed by atoms with E-state index in [1.807, 2.05) is 0 Å². The smallest absolute Gasteiger partial charge is 0.396 e. The highest BCUT2D eigenvalue weighted by molar-refractivity contribution is 5.55. The molecule has 0 atom stereocenters. The summed E-state index contributed by atoms with van der Waals surface area (Å²) in [6, 6.07) is 4.73. The Bertz CT molecular complexity index is 552. The van der Waals surface area contributed by atoms with Gasteiger partial charge in [-0.15, -0.1) is 0 Å². The Hall–Kier alpha value is -1.89. The topological polar surface area (TPSA) is 59.2 Å². The standard InChI is InChI=1S/C12H11F3N2O2/c13-12(14,15)9-4-1-3-8(7-9)11-16-10(19-17-11)5-2-6-18/h1,3-4,7,18H,2,5-6H2. The lowest BCUT2D eigenvalue weighted by atomic mass is 10.1. The zero-order chi connectivity index (χ0) is 13.9. The first-order valence-corrected chi connectivity index (χ1v) is 5.62. The second kappa shape index (κ2) is 5.40. The lowest BCUT2D eigenvalue weighted by molar-refractivity contribution is -0.137. The number of rotatable bonds is 4. The van der Waals surface area contributed by atoms with Crippen molar-refractivity contribution in [2.24, 2.45) is 0 Å². The number of benzene rings is 1. The molecule has 4 nitrogen and oxygen atoms in total. The summed E-state index contributed by atoms with van der Waals surface area (Å²) in [6.45, 7) is -0.0126. The van der Waals surface area contributed by atoms with E-state index in [2.05, 4.69) is 10.1 Å². The van der Waals surface area contributed by atoms with Crippen molar-refractivity contribution in [3.63, 3.8) is 0 Å². The summed E-state index contributed by atoms with van der Waals surface area (Å²) in [5, 5.41) is 12.3. The van der Waals surface area contributed by atoms with Crippen molar-refractivity contribution in [2.45, 2.75) is 19.0 Å². The minimum absolute atomic E-state index is 0.0126. The molecular weight excluding hydrogens is 261 g/mol. The fourth-order valence-corrected chi connectivity index (χ4v) is 1.54. The highest BCUT2D eigenvalue weighted by atomic mass is 19.4. The Kier molecular flexibility index (Phi) is 3.84. The highest BCUT2D eigenvalue weighted by Crippen LogP contribution is 2.31. The molecule has 2 aromatic rings. The summed E-state index contributed by atoms with van der Waals surface area (Å²) in [5.74, 6) is 0.403. The van der Waals surface area contributed by atoms with Gasteiger partial charge >= 0.3 is 6.18 Å². The van der Waals surface area contributed by atoms with Crippen LogP contribution in [0.25, 0.3) is 11.4 Å². The molecule has 7 heteroatoms. The van der Waals surface area contributed by atoms with Crippen LogP contribution in [0.1, 0.15) is 17.9 Å². The maximum Gasteiger partial charge on any atom is 0.416 e. The summed E-state index contributed by atoms with van der Waals surface area (Å²) >= 11 is 0. The maximum absolute atomic E-state index is 12.6. The number of alkyl halides is 3. The summed E-state index contributed by atoms with van der Waals surface area (Å²) in [7, 11) is 0. The maximum atomic E-state index is 12.6. The number of hydrogen-bond acceptors (Lipinski definition) is 4. The Labute approximate surface area is 106 Å². The van der Waals surface area contributed by atoms with Crippen molar-refractivity contribution in [1.82, 2.24) is 10.1 Å². The fraction of sp³-hybridized carbons (Fsp3) is 0.333. The van der Waals surface area contributed by atoms with Crippen LogP contribution in [0.2, 0.25) is 0 Å². The Morgan fingerprint density at radius 1 is 1.26 bits per heavy atom. The molecule has 1 aromatic heterocycles. The molecule has 1 aromatic carbocycles. The Morgan fingerprint density at radius 2 is 2.05 bits per heavy atom. The summed E-state index contributed by atoms with van der Waals surface area (Å²) in [4.78, 5) is 3.98. The normalized spacial score (nSPS) is 11.8. The molecule has 0 aliphatic heterocycles. The molecule has 19 heavy (non-hydrogen) atoms. The second-order valence-electron chi connectivity index (χ2n) is 3.92. The van der Waals surface area contributed by atoms with E-state index < -0.39 is 11.7 Å². The van der Waals surface area contributed by atoms with Crippen LogP contribution in [0.4, 0.5) is 13.2 Å². The van der Waals surface area contributed by atoms with Crippen LogP contribution >= 0.6 is 0 Å². The first-order valence-electron chi connectivity index (χ1n) is 5.62. The molecule has 0 aliphatic rings. The molecule has 0 saturated heterocycles. The number of aromatic nitrogens is 2. The Balaban J connectivity index is 2.24. The molecule has 1 N–H and O–H groups in total. The van der Waals surface area contributed by atoms with Crippen molar-refractivity contribution in [1.29, 1.82) is 0 Å². The number of hydrogen-bond donors (Lipinski definition) is 1. The van der Waals surface area contributed by atoms with E-state index in [-0.39, 0.29) is 18.0 Å². The van der Waals surface area contributed by atoms with E-state index in [4.69, 9.17) is 9.63 Å². The van der Waals surface area contributed by atoms with Crippen LogP contribution in [0.3, 0.4) is 0 Å². The lowest BCUT2D eigenvalue weighted by Crippen LogP contribution is -2.04. The first-order chi connectivity index (χ1) is 9.00. The van der Waals surface area contributed by atoms with E-state index >= 15 is 0 Å². The number of halogens is 3. The molecule has 0 aliphatic carbocycles. The van der Waals surface area contributed by atoms with E-state index in [9.17, 15) is 13.2 Å². The molecule has 2 rings (SSSR count). The average molecular weight is 272 g/mol. The second-order valence-corrected chi connectivity index (χ2v) is 3.92. The summed E-state index contributed by atoms with van der Waals surface area (Å²) < 4.78 is 42.6. The van der Waals surface area contributed by atoms with E-state index in [0.29, 0.717) is 18.7 Å². The molecule has 0 fully saturated rings. The van der Waals surface area contributed by atoms with Gasteiger partial charge in [0, 0.05) is 18.6 Å². The van der Waals surface area contributed by atoms with Crippen LogP contribution in [0.5, 0.6) is 0 Å². The van der Waals surface area contributed by atoms with Gasteiger partial charge in [0.1, 0.15) is 0 Å². The average Bonchev–Trinajstić information content (AvgIpc) is 2.84. The molecule has 0 saturated carbocycles. The van der Waals surface area contributed by atoms with Gasteiger partial charge < -0.3 is 9.63 Å². The largest absolute Gasteiger partial charge is 0.416 e. The molecule has 0 amide bonds. The highest BCUT2D eigenvalue weighted by Gasteiger charge is 2.30. The van der Waals surface area contributed by atoms with Crippen molar-refractivity contribution in [3.05, 3.63) is 35.7 Å².